The smallest absolute Gasteiger partial charge is 0.264 e. The SMILES string of the molecule is COc1ccc(S(=O)(=O)N(CC(=O)N[C@H](c2ccccc2)c2ccc(C)cc2)c2ccc(F)cc2)cc1. The Bertz CT molecular complexity index is 1440. The van der Waals surface area contributed by atoms with Gasteiger partial charge in [-0.05, 0) is 66.6 Å². The molecule has 0 saturated heterocycles. The number of anilines is 1. The number of amides is 1. The van der Waals surface area contributed by atoms with Gasteiger partial charge in [-0.3, -0.25) is 9.10 Å². The molecule has 4 rings (SSSR count). The van der Waals surface area contributed by atoms with Crippen LogP contribution in [0.5, 0.6) is 5.75 Å². The summed E-state index contributed by atoms with van der Waals surface area (Å²) in [6.45, 7) is 1.47. The Kier molecular flexibility index (Phi) is 7.89. The van der Waals surface area contributed by atoms with Crippen LogP contribution in [0.15, 0.2) is 108 Å². The number of aryl methyl sites for hydroxylation is 1. The zero-order valence-corrected chi connectivity index (χ0v) is 21.3. The fourth-order valence-corrected chi connectivity index (χ4v) is 5.32. The lowest BCUT2D eigenvalue weighted by Gasteiger charge is -2.26. The quantitative estimate of drug-likeness (QED) is 0.329. The number of carbonyl (C=O) groups is 1. The summed E-state index contributed by atoms with van der Waals surface area (Å²) in [6, 6.07) is 27.5. The van der Waals surface area contributed by atoms with Gasteiger partial charge in [0.2, 0.25) is 5.91 Å². The Balaban J connectivity index is 1.67. The second kappa shape index (κ2) is 11.3. The van der Waals surface area contributed by atoms with E-state index in [9.17, 15) is 17.6 Å². The summed E-state index contributed by atoms with van der Waals surface area (Å²) in [5.74, 6) is -0.539. The zero-order chi connectivity index (χ0) is 26.4. The van der Waals surface area contributed by atoms with E-state index in [0.717, 1.165) is 33.1 Å². The fourth-order valence-electron chi connectivity index (χ4n) is 3.90. The molecule has 0 bridgehead atoms. The number of hydrogen-bond donors (Lipinski definition) is 1. The van der Waals surface area contributed by atoms with Crippen LogP contribution in [0.3, 0.4) is 0 Å². The van der Waals surface area contributed by atoms with Crippen molar-refractivity contribution in [3.8, 4) is 5.75 Å². The maximum Gasteiger partial charge on any atom is 0.264 e. The number of ether oxygens (including phenoxy) is 1. The molecule has 0 aliphatic carbocycles. The van der Waals surface area contributed by atoms with Gasteiger partial charge in [-0.2, -0.15) is 0 Å². The average molecular weight is 519 g/mol. The second-order valence-electron chi connectivity index (χ2n) is 8.49. The van der Waals surface area contributed by atoms with Crippen LogP contribution in [0.4, 0.5) is 10.1 Å². The highest BCUT2D eigenvalue weighted by atomic mass is 32.2. The first-order valence-corrected chi connectivity index (χ1v) is 13.0. The number of hydrogen-bond acceptors (Lipinski definition) is 4. The predicted molar refractivity (Wildman–Crippen MR) is 142 cm³/mol. The van der Waals surface area contributed by atoms with Crippen LogP contribution in [0, 0.1) is 12.7 Å². The van der Waals surface area contributed by atoms with Crippen LogP contribution in [-0.4, -0.2) is 28.0 Å². The highest BCUT2D eigenvalue weighted by Crippen LogP contribution is 2.27. The van der Waals surface area contributed by atoms with E-state index in [1.807, 2.05) is 61.5 Å². The highest BCUT2D eigenvalue weighted by Gasteiger charge is 2.28. The van der Waals surface area contributed by atoms with E-state index in [1.165, 1.54) is 43.5 Å². The van der Waals surface area contributed by atoms with E-state index in [4.69, 9.17) is 4.74 Å². The highest BCUT2D eigenvalue weighted by molar-refractivity contribution is 7.92. The number of methoxy groups -OCH3 is 1. The van der Waals surface area contributed by atoms with Gasteiger partial charge in [0.15, 0.2) is 0 Å². The molecule has 0 heterocycles. The molecule has 4 aromatic carbocycles. The molecule has 0 spiro atoms. The first-order valence-electron chi connectivity index (χ1n) is 11.6. The monoisotopic (exact) mass is 518 g/mol. The lowest BCUT2D eigenvalue weighted by atomic mass is 9.98. The van der Waals surface area contributed by atoms with Crippen molar-refractivity contribution in [3.63, 3.8) is 0 Å². The molecule has 8 heteroatoms. The maximum absolute atomic E-state index is 13.6. The van der Waals surface area contributed by atoms with Crippen molar-refractivity contribution in [2.24, 2.45) is 0 Å². The summed E-state index contributed by atoms with van der Waals surface area (Å²) >= 11 is 0. The largest absolute Gasteiger partial charge is 0.497 e. The Morgan fingerprint density at radius 2 is 1.46 bits per heavy atom. The number of carbonyl (C=O) groups excluding carboxylic acids is 1. The standard InChI is InChI=1S/C29H27FN2O4S/c1-21-8-10-23(11-9-21)29(22-6-4-3-5-7-22)31-28(33)20-32(25-14-12-24(30)13-15-25)37(34,35)27-18-16-26(36-2)17-19-27/h3-19,29H,20H2,1-2H3,(H,31,33)/t29-/m1/s1. The van der Waals surface area contributed by atoms with Crippen LogP contribution in [0.2, 0.25) is 0 Å². The molecular formula is C29H27FN2O4S. The molecule has 0 unspecified atom stereocenters. The molecule has 0 fully saturated rings. The predicted octanol–water partition coefficient (Wildman–Crippen LogP) is 5.24. The number of sulfonamides is 1. The van der Waals surface area contributed by atoms with Gasteiger partial charge < -0.3 is 10.1 Å². The van der Waals surface area contributed by atoms with E-state index >= 15 is 0 Å². The lowest BCUT2D eigenvalue weighted by molar-refractivity contribution is -0.120. The minimum Gasteiger partial charge on any atom is -0.497 e. The van der Waals surface area contributed by atoms with Crippen molar-refractivity contribution >= 4 is 21.6 Å². The number of rotatable bonds is 9. The molecule has 6 nitrogen and oxygen atoms in total. The summed E-state index contributed by atoms with van der Waals surface area (Å²) in [6.07, 6.45) is 0. The van der Waals surface area contributed by atoms with Gasteiger partial charge in [-0.1, -0.05) is 60.2 Å². The third kappa shape index (κ3) is 6.16. The summed E-state index contributed by atoms with van der Waals surface area (Å²) in [5.41, 5.74) is 2.96. The molecule has 1 atom stereocenters. The van der Waals surface area contributed by atoms with Gasteiger partial charge in [-0.15, -0.1) is 0 Å². The minimum atomic E-state index is -4.16. The van der Waals surface area contributed by atoms with E-state index in [2.05, 4.69) is 5.32 Å². The Morgan fingerprint density at radius 1 is 0.865 bits per heavy atom. The van der Waals surface area contributed by atoms with Crippen LogP contribution in [0.25, 0.3) is 0 Å². The number of nitrogens with one attached hydrogen (secondary N) is 1. The van der Waals surface area contributed by atoms with Crippen molar-refractivity contribution in [1.82, 2.24) is 5.32 Å². The third-order valence-corrected chi connectivity index (χ3v) is 7.69. The van der Waals surface area contributed by atoms with E-state index in [0.29, 0.717) is 5.75 Å². The molecule has 0 saturated carbocycles. The Morgan fingerprint density at radius 3 is 2.05 bits per heavy atom. The Hall–Kier alpha value is -4.17. The summed E-state index contributed by atoms with van der Waals surface area (Å²) in [4.78, 5) is 13.4. The Labute approximate surface area is 216 Å². The van der Waals surface area contributed by atoms with Crippen molar-refractivity contribution in [3.05, 3.63) is 126 Å². The normalized spacial score (nSPS) is 12.0. The fraction of sp³-hybridized carbons (Fsp3) is 0.138. The third-order valence-electron chi connectivity index (χ3n) is 5.90. The van der Waals surface area contributed by atoms with Crippen LogP contribution < -0.4 is 14.4 Å². The summed E-state index contributed by atoms with van der Waals surface area (Å²) in [5, 5.41) is 2.98. The maximum atomic E-state index is 13.6. The molecule has 0 aliphatic rings. The number of nitrogens with zero attached hydrogens (tertiary/aromatic N) is 1. The molecular weight excluding hydrogens is 491 g/mol. The van der Waals surface area contributed by atoms with Crippen LogP contribution >= 0.6 is 0 Å². The van der Waals surface area contributed by atoms with E-state index in [-0.39, 0.29) is 10.6 Å². The van der Waals surface area contributed by atoms with Gasteiger partial charge in [-0.25, -0.2) is 12.8 Å². The molecule has 1 amide bonds. The van der Waals surface area contributed by atoms with Crippen molar-refractivity contribution in [2.75, 3.05) is 18.0 Å². The van der Waals surface area contributed by atoms with Gasteiger partial charge in [0, 0.05) is 0 Å². The molecule has 0 radical (unpaired) electrons. The average Bonchev–Trinajstić information content (AvgIpc) is 2.92. The van der Waals surface area contributed by atoms with E-state index in [1.54, 1.807) is 0 Å². The van der Waals surface area contributed by atoms with Crippen LogP contribution in [0.1, 0.15) is 22.7 Å². The minimum absolute atomic E-state index is 0.0245. The molecule has 1 N–H and O–H groups in total. The van der Waals surface area contributed by atoms with Crippen molar-refractivity contribution in [2.45, 2.75) is 17.9 Å². The van der Waals surface area contributed by atoms with Crippen LogP contribution in [-0.2, 0) is 14.8 Å². The first-order chi connectivity index (χ1) is 17.8. The molecule has 4 aromatic rings. The van der Waals surface area contributed by atoms with Gasteiger partial charge >= 0.3 is 0 Å². The topological polar surface area (TPSA) is 75.7 Å². The summed E-state index contributed by atoms with van der Waals surface area (Å²) < 4.78 is 47.0. The molecule has 0 aromatic heterocycles. The second-order valence-corrected chi connectivity index (χ2v) is 10.3. The molecule has 190 valence electrons. The summed E-state index contributed by atoms with van der Waals surface area (Å²) in [7, 11) is -2.68. The molecule has 37 heavy (non-hydrogen) atoms. The zero-order valence-electron chi connectivity index (χ0n) is 20.5. The number of benzene rings is 4. The first kappa shape index (κ1) is 25.9. The lowest BCUT2D eigenvalue weighted by Crippen LogP contribution is -2.42. The number of halogens is 1. The van der Waals surface area contributed by atoms with Gasteiger partial charge in [0.1, 0.15) is 18.1 Å². The van der Waals surface area contributed by atoms with Gasteiger partial charge in [0.25, 0.3) is 10.0 Å². The van der Waals surface area contributed by atoms with Crippen molar-refractivity contribution in [1.29, 1.82) is 0 Å². The van der Waals surface area contributed by atoms with Gasteiger partial charge in [0.05, 0.1) is 23.7 Å². The molecule has 0 aliphatic heterocycles. The van der Waals surface area contributed by atoms with E-state index < -0.39 is 34.3 Å². The van der Waals surface area contributed by atoms with Crippen molar-refractivity contribution < 1.29 is 22.3 Å².